The van der Waals surface area contributed by atoms with Crippen molar-refractivity contribution in [2.24, 2.45) is 5.92 Å². The van der Waals surface area contributed by atoms with Crippen molar-refractivity contribution < 1.29 is 19.4 Å². The van der Waals surface area contributed by atoms with Gasteiger partial charge in [-0.1, -0.05) is 30.3 Å². The SMILES string of the molecule is CC(OCc1ccccc1)C(=O)N1CCC(C(=O)O)C1C. The highest BCUT2D eigenvalue weighted by Crippen LogP contribution is 2.25. The molecule has 21 heavy (non-hydrogen) atoms. The smallest absolute Gasteiger partial charge is 0.308 e. The minimum atomic E-state index is -0.837. The number of amides is 1. The van der Waals surface area contributed by atoms with Crippen LogP contribution in [0, 0.1) is 5.92 Å². The molecule has 1 saturated heterocycles. The second-order valence-electron chi connectivity index (χ2n) is 5.44. The number of likely N-dealkylation sites (tertiary alicyclic amines) is 1. The van der Waals surface area contributed by atoms with Crippen LogP contribution in [0.3, 0.4) is 0 Å². The molecule has 1 aliphatic heterocycles. The monoisotopic (exact) mass is 291 g/mol. The summed E-state index contributed by atoms with van der Waals surface area (Å²) in [7, 11) is 0. The van der Waals surface area contributed by atoms with Gasteiger partial charge >= 0.3 is 5.97 Å². The number of aliphatic carboxylic acids is 1. The predicted octanol–water partition coefficient (Wildman–Crippen LogP) is 1.91. The van der Waals surface area contributed by atoms with E-state index in [0.717, 1.165) is 5.56 Å². The van der Waals surface area contributed by atoms with Crippen LogP contribution in [0.15, 0.2) is 30.3 Å². The Morgan fingerprint density at radius 1 is 1.38 bits per heavy atom. The van der Waals surface area contributed by atoms with Crippen molar-refractivity contribution in [3.63, 3.8) is 0 Å². The Morgan fingerprint density at radius 2 is 2.05 bits per heavy atom. The van der Waals surface area contributed by atoms with Crippen LogP contribution in [-0.2, 0) is 20.9 Å². The number of benzene rings is 1. The molecule has 1 aromatic carbocycles. The fraction of sp³-hybridized carbons (Fsp3) is 0.500. The summed E-state index contributed by atoms with van der Waals surface area (Å²) in [5, 5.41) is 9.10. The number of carboxylic acids is 1. The lowest BCUT2D eigenvalue weighted by molar-refractivity contribution is -0.146. The van der Waals surface area contributed by atoms with Crippen molar-refractivity contribution >= 4 is 11.9 Å². The van der Waals surface area contributed by atoms with Gasteiger partial charge in [-0.3, -0.25) is 9.59 Å². The van der Waals surface area contributed by atoms with Gasteiger partial charge in [0, 0.05) is 12.6 Å². The van der Waals surface area contributed by atoms with Gasteiger partial charge in [0.05, 0.1) is 12.5 Å². The quantitative estimate of drug-likeness (QED) is 0.900. The first-order chi connectivity index (χ1) is 10.0. The van der Waals surface area contributed by atoms with Gasteiger partial charge in [0.25, 0.3) is 5.91 Å². The number of rotatable bonds is 5. The van der Waals surface area contributed by atoms with Crippen LogP contribution < -0.4 is 0 Å². The van der Waals surface area contributed by atoms with Gasteiger partial charge in [-0.15, -0.1) is 0 Å². The Hall–Kier alpha value is -1.88. The zero-order chi connectivity index (χ0) is 15.4. The Bertz CT molecular complexity index is 502. The predicted molar refractivity (Wildman–Crippen MR) is 77.6 cm³/mol. The summed E-state index contributed by atoms with van der Waals surface area (Å²) in [6.45, 7) is 4.36. The molecule has 1 fully saturated rings. The summed E-state index contributed by atoms with van der Waals surface area (Å²) in [4.78, 5) is 25.1. The molecule has 5 heteroatoms. The standard InChI is InChI=1S/C16H21NO4/c1-11-14(16(19)20)8-9-17(11)15(18)12(2)21-10-13-6-4-3-5-7-13/h3-7,11-12,14H,8-10H2,1-2H3,(H,19,20). The van der Waals surface area contributed by atoms with Crippen molar-refractivity contribution in [1.29, 1.82) is 0 Å². The van der Waals surface area contributed by atoms with Crippen molar-refractivity contribution in [3.8, 4) is 0 Å². The Balaban J connectivity index is 1.89. The fourth-order valence-electron chi connectivity index (χ4n) is 2.68. The zero-order valence-electron chi connectivity index (χ0n) is 12.4. The topological polar surface area (TPSA) is 66.8 Å². The van der Waals surface area contributed by atoms with E-state index in [9.17, 15) is 9.59 Å². The maximum Gasteiger partial charge on any atom is 0.308 e. The third kappa shape index (κ3) is 3.61. The summed E-state index contributed by atoms with van der Waals surface area (Å²) >= 11 is 0. The van der Waals surface area contributed by atoms with Crippen LogP contribution >= 0.6 is 0 Å². The van der Waals surface area contributed by atoms with Gasteiger partial charge in [-0.2, -0.15) is 0 Å². The van der Waals surface area contributed by atoms with Crippen molar-refractivity contribution in [2.45, 2.75) is 39.0 Å². The minimum Gasteiger partial charge on any atom is -0.481 e. The molecule has 1 heterocycles. The summed E-state index contributed by atoms with van der Waals surface area (Å²) in [6, 6.07) is 9.37. The minimum absolute atomic E-state index is 0.137. The van der Waals surface area contributed by atoms with Crippen LogP contribution in [0.5, 0.6) is 0 Å². The van der Waals surface area contributed by atoms with E-state index in [1.807, 2.05) is 30.3 Å². The normalized spacial score (nSPS) is 23.0. The van der Waals surface area contributed by atoms with Crippen molar-refractivity contribution in [3.05, 3.63) is 35.9 Å². The second kappa shape index (κ2) is 6.72. The summed E-state index contributed by atoms with van der Waals surface area (Å²) in [5.41, 5.74) is 1.01. The Labute approximate surface area is 124 Å². The van der Waals surface area contributed by atoms with Crippen LogP contribution in [0.4, 0.5) is 0 Å². The number of nitrogens with zero attached hydrogens (tertiary/aromatic N) is 1. The molecule has 3 unspecified atom stereocenters. The number of carbonyl (C=O) groups is 2. The largest absolute Gasteiger partial charge is 0.481 e. The lowest BCUT2D eigenvalue weighted by Crippen LogP contribution is -2.43. The highest BCUT2D eigenvalue weighted by Gasteiger charge is 2.39. The van der Waals surface area contributed by atoms with Crippen LogP contribution in [0.1, 0.15) is 25.8 Å². The maximum atomic E-state index is 12.4. The molecular weight excluding hydrogens is 270 g/mol. The van der Waals surface area contributed by atoms with E-state index >= 15 is 0 Å². The van der Waals surface area contributed by atoms with Gasteiger partial charge in [-0.05, 0) is 25.8 Å². The highest BCUT2D eigenvalue weighted by molar-refractivity contribution is 5.82. The van der Waals surface area contributed by atoms with Gasteiger partial charge < -0.3 is 14.7 Å². The maximum absolute atomic E-state index is 12.4. The molecule has 3 atom stereocenters. The van der Waals surface area contributed by atoms with E-state index in [2.05, 4.69) is 0 Å². The molecule has 0 aromatic heterocycles. The van der Waals surface area contributed by atoms with Crippen LogP contribution in [0.25, 0.3) is 0 Å². The number of carboxylic acid groups (broad SMARTS) is 1. The van der Waals surface area contributed by atoms with Gasteiger partial charge in [0.15, 0.2) is 0 Å². The van der Waals surface area contributed by atoms with Crippen LogP contribution in [0.2, 0.25) is 0 Å². The van der Waals surface area contributed by atoms with E-state index in [1.54, 1.807) is 18.7 Å². The van der Waals surface area contributed by atoms with E-state index < -0.39 is 18.0 Å². The molecular formula is C16H21NO4. The van der Waals surface area contributed by atoms with Gasteiger partial charge in [-0.25, -0.2) is 0 Å². The molecule has 1 aliphatic rings. The number of carbonyl (C=O) groups excluding carboxylic acids is 1. The number of hydrogen-bond acceptors (Lipinski definition) is 3. The molecule has 2 rings (SSSR count). The molecule has 0 spiro atoms. The lowest BCUT2D eigenvalue weighted by atomic mass is 10.0. The third-order valence-electron chi connectivity index (χ3n) is 4.05. The van der Waals surface area contributed by atoms with Crippen molar-refractivity contribution in [2.75, 3.05) is 6.54 Å². The Morgan fingerprint density at radius 3 is 2.62 bits per heavy atom. The van der Waals surface area contributed by atoms with E-state index in [0.29, 0.717) is 19.6 Å². The molecule has 1 N–H and O–H groups in total. The molecule has 114 valence electrons. The molecule has 1 amide bonds. The highest BCUT2D eigenvalue weighted by atomic mass is 16.5. The average molecular weight is 291 g/mol. The number of ether oxygens (including phenoxy) is 1. The van der Waals surface area contributed by atoms with Gasteiger partial charge in [0.2, 0.25) is 0 Å². The first-order valence-electron chi connectivity index (χ1n) is 7.19. The lowest BCUT2D eigenvalue weighted by Gasteiger charge is -2.26. The first-order valence-corrected chi connectivity index (χ1v) is 7.19. The molecule has 0 bridgehead atoms. The first kappa shape index (κ1) is 15.5. The molecule has 0 radical (unpaired) electrons. The summed E-state index contributed by atoms with van der Waals surface area (Å²) in [5.74, 6) is -1.45. The van der Waals surface area contributed by atoms with Crippen molar-refractivity contribution in [1.82, 2.24) is 4.90 Å². The zero-order valence-corrected chi connectivity index (χ0v) is 12.4. The van der Waals surface area contributed by atoms with Gasteiger partial charge in [0.1, 0.15) is 6.10 Å². The van der Waals surface area contributed by atoms with E-state index in [1.165, 1.54) is 0 Å². The van der Waals surface area contributed by atoms with E-state index in [4.69, 9.17) is 9.84 Å². The average Bonchev–Trinajstić information content (AvgIpc) is 2.87. The van der Waals surface area contributed by atoms with E-state index in [-0.39, 0.29) is 11.9 Å². The van der Waals surface area contributed by atoms with Crippen LogP contribution in [-0.4, -0.2) is 40.6 Å². The summed E-state index contributed by atoms with van der Waals surface area (Å²) in [6.07, 6.45) is -0.0617. The molecule has 0 aliphatic carbocycles. The molecule has 5 nitrogen and oxygen atoms in total. The third-order valence-corrected chi connectivity index (χ3v) is 4.05. The Kier molecular flexibility index (Phi) is 4.96. The fourth-order valence-corrected chi connectivity index (χ4v) is 2.68. The molecule has 0 saturated carbocycles. The summed E-state index contributed by atoms with van der Waals surface area (Å²) < 4.78 is 5.61. The number of hydrogen-bond donors (Lipinski definition) is 1. The second-order valence-corrected chi connectivity index (χ2v) is 5.44. The molecule has 1 aromatic rings.